The van der Waals surface area contributed by atoms with Crippen LogP contribution in [0.4, 0.5) is 5.69 Å². The molecule has 1 heterocycles. The first-order valence-corrected chi connectivity index (χ1v) is 8.28. The monoisotopic (exact) mass is 396 g/mol. The summed E-state index contributed by atoms with van der Waals surface area (Å²) in [7, 11) is 0. The Morgan fingerprint density at radius 3 is 2.48 bits per heavy atom. The van der Waals surface area contributed by atoms with Gasteiger partial charge in [0.1, 0.15) is 5.58 Å². The van der Waals surface area contributed by atoms with Gasteiger partial charge in [0.2, 0.25) is 5.91 Å². The molecule has 0 unspecified atom stereocenters. The van der Waals surface area contributed by atoms with E-state index < -0.39 is 11.8 Å². The minimum Gasteiger partial charge on any atom is -0.451 e. The molecule has 2 amide bonds. The van der Waals surface area contributed by atoms with Gasteiger partial charge in [-0.15, -0.1) is 0 Å². The van der Waals surface area contributed by atoms with Crippen LogP contribution in [-0.2, 0) is 4.79 Å². The van der Waals surface area contributed by atoms with Gasteiger partial charge in [0.15, 0.2) is 5.76 Å². The van der Waals surface area contributed by atoms with Crippen LogP contribution >= 0.6 is 34.8 Å². The fourth-order valence-corrected chi connectivity index (χ4v) is 2.68. The van der Waals surface area contributed by atoms with Crippen LogP contribution in [0.1, 0.15) is 10.6 Å². The zero-order chi connectivity index (χ0) is 18.0. The number of halogens is 3. The van der Waals surface area contributed by atoms with E-state index in [4.69, 9.17) is 39.2 Å². The average Bonchev–Trinajstić information content (AvgIpc) is 2.99. The molecule has 128 valence electrons. The lowest BCUT2D eigenvalue weighted by Gasteiger charge is -2.08. The van der Waals surface area contributed by atoms with E-state index in [0.717, 1.165) is 0 Å². The minimum absolute atomic E-state index is 0.0888. The lowest BCUT2D eigenvalue weighted by molar-refractivity contribution is -0.115. The second kappa shape index (κ2) is 7.35. The van der Waals surface area contributed by atoms with Crippen LogP contribution in [-0.4, -0.2) is 18.4 Å². The number of fused-ring (bicyclic) bond motifs is 1. The normalized spacial score (nSPS) is 10.7. The van der Waals surface area contributed by atoms with E-state index in [1.54, 1.807) is 36.4 Å². The third kappa shape index (κ3) is 4.25. The summed E-state index contributed by atoms with van der Waals surface area (Å²) in [5.41, 5.74) is 0.900. The van der Waals surface area contributed by atoms with Crippen molar-refractivity contribution in [1.82, 2.24) is 5.32 Å². The molecular weight excluding hydrogens is 387 g/mol. The van der Waals surface area contributed by atoms with Gasteiger partial charge in [-0.05, 0) is 42.5 Å². The summed E-state index contributed by atoms with van der Waals surface area (Å²) in [6.07, 6.45) is 0. The van der Waals surface area contributed by atoms with Crippen molar-refractivity contribution >= 4 is 63.3 Å². The van der Waals surface area contributed by atoms with Gasteiger partial charge in [-0.1, -0.05) is 34.8 Å². The van der Waals surface area contributed by atoms with Gasteiger partial charge < -0.3 is 15.1 Å². The standard InChI is InChI=1S/C17H11Cl3N2O3/c18-10-2-4-14-9(5-10)6-15(25-14)17(24)21-8-16(23)22-13-7-11(19)1-3-12(13)20/h1-7H,8H2,(H,21,24)(H,22,23). The van der Waals surface area contributed by atoms with Crippen molar-refractivity contribution in [3.8, 4) is 0 Å². The number of hydrogen-bond acceptors (Lipinski definition) is 3. The van der Waals surface area contributed by atoms with Crippen LogP contribution in [0, 0.1) is 0 Å². The van der Waals surface area contributed by atoms with Gasteiger partial charge in [0.05, 0.1) is 17.3 Å². The molecule has 0 atom stereocenters. The van der Waals surface area contributed by atoms with Crippen molar-refractivity contribution in [2.24, 2.45) is 0 Å². The van der Waals surface area contributed by atoms with Gasteiger partial charge >= 0.3 is 0 Å². The molecule has 2 N–H and O–H groups in total. The second-order valence-electron chi connectivity index (χ2n) is 5.15. The summed E-state index contributed by atoms with van der Waals surface area (Å²) in [6, 6.07) is 11.3. The smallest absolute Gasteiger partial charge is 0.287 e. The van der Waals surface area contributed by atoms with Crippen LogP contribution in [0.25, 0.3) is 11.0 Å². The number of nitrogens with one attached hydrogen (secondary N) is 2. The molecule has 2 aromatic carbocycles. The first kappa shape index (κ1) is 17.6. The summed E-state index contributed by atoms with van der Waals surface area (Å²) < 4.78 is 5.43. The Balaban J connectivity index is 1.62. The Morgan fingerprint density at radius 2 is 1.68 bits per heavy atom. The van der Waals surface area contributed by atoms with Crippen molar-refractivity contribution in [2.45, 2.75) is 0 Å². The van der Waals surface area contributed by atoms with Gasteiger partial charge in [-0.2, -0.15) is 0 Å². The molecule has 1 aromatic heterocycles. The maximum atomic E-state index is 12.1. The van der Waals surface area contributed by atoms with E-state index in [0.29, 0.717) is 31.7 Å². The Morgan fingerprint density at radius 1 is 0.960 bits per heavy atom. The molecule has 25 heavy (non-hydrogen) atoms. The number of benzene rings is 2. The lowest BCUT2D eigenvalue weighted by Crippen LogP contribution is -2.32. The number of carbonyl (C=O) groups is 2. The lowest BCUT2D eigenvalue weighted by atomic mass is 10.2. The van der Waals surface area contributed by atoms with Crippen molar-refractivity contribution in [1.29, 1.82) is 0 Å². The molecule has 0 saturated heterocycles. The summed E-state index contributed by atoms with van der Waals surface area (Å²) >= 11 is 17.7. The molecule has 0 fully saturated rings. The molecule has 5 nitrogen and oxygen atoms in total. The molecule has 0 radical (unpaired) electrons. The average molecular weight is 398 g/mol. The predicted octanol–water partition coefficient (Wildman–Crippen LogP) is 4.76. The highest BCUT2D eigenvalue weighted by Crippen LogP contribution is 2.25. The van der Waals surface area contributed by atoms with Crippen molar-refractivity contribution in [3.05, 3.63) is 63.3 Å². The summed E-state index contributed by atoms with van der Waals surface area (Å²) in [6.45, 7) is -0.251. The summed E-state index contributed by atoms with van der Waals surface area (Å²) in [4.78, 5) is 24.1. The molecule has 3 rings (SSSR count). The SMILES string of the molecule is O=C(CNC(=O)c1cc2cc(Cl)ccc2o1)Nc1cc(Cl)ccc1Cl. The topological polar surface area (TPSA) is 71.3 Å². The quantitative estimate of drug-likeness (QED) is 0.666. The Bertz CT molecular complexity index is 969. The molecule has 0 spiro atoms. The number of carbonyl (C=O) groups excluding carboxylic acids is 2. The second-order valence-corrected chi connectivity index (χ2v) is 6.43. The van der Waals surface area contributed by atoms with Crippen LogP contribution in [0.2, 0.25) is 15.1 Å². The number of hydrogen-bond donors (Lipinski definition) is 2. The molecule has 0 aliphatic rings. The van der Waals surface area contributed by atoms with E-state index in [1.807, 2.05) is 0 Å². The highest BCUT2D eigenvalue weighted by molar-refractivity contribution is 6.35. The molecule has 0 aliphatic carbocycles. The first-order chi connectivity index (χ1) is 11.9. The highest BCUT2D eigenvalue weighted by atomic mass is 35.5. The Labute approximate surface area is 157 Å². The summed E-state index contributed by atoms with van der Waals surface area (Å²) in [5, 5.41) is 7.07. The number of furan rings is 1. The minimum atomic E-state index is -0.514. The van der Waals surface area contributed by atoms with Gasteiger partial charge in [-0.25, -0.2) is 0 Å². The van der Waals surface area contributed by atoms with Crippen LogP contribution < -0.4 is 10.6 Å². The fourth-order valence-electron chi connectivity index (χ4n) is 2.16. The van der Waals surface area contributed by atoms with Crippen molar-refractivity contribution in [3.63, 3.8) is 0 Å². The number of rotatable bonds is 4. The molecular formula is C17H11Cl3N2O3. The van der Waals surface area contributed by atoms with Crippen LogP contribution in [0.5, 0.6) is 0 Å². The maximum absolute atomic E-state index is 12.1. The predicted molar refractivity (Wildman–Crippen MR) is 98.6 cm³/mol. The van der Waals surface area contributed by atoms with Crippen molar-refractivity contribution < 1.29 is 14.0 Å². The Hall–Kier alpha value is -2.21. The van der Waals surface area contributed by atoms with Crippen molar-refractivity contribution in [2.75, 3.05) is 11.9 Å². The molecule has 3 aromatic rings. The zero-order valence-electron chi connectivity index (χ0n) is 12.6. The molecule has 0 saturated carbocycles. The van der Waals surface area contributed by atoms with Gasteiger partial charge in [0.25, 0.3) is 5.91 Å². The van der Waals surface area contributed by atoms with E-state index in [1.165, 1.54) is 6.07 Å². The third-order valence-electron chi connectivity index (χ3n) is 3.31. The fraction of sp³-hybridized carbons (Fsp3) is 0.0588. The van der Waals surface area contributed by atoms with E-state index >= 15 is 0 Å². The van der Waals surface area contributed by atoms with Crippen LogP contribution in [0.3, 0.4) is 0 Å². The van der Waals surface area contributed by atoms with E-state index in [9.17, 15) is 9.59 Å². The third-order valence-corrected chi connectivity index (χ3v) is 4.11. The van der Waals surface area contributed by atoms with Gasteiger partial charge in [-0.3, -0.25) is 9.59 Å². The van der Waals surface area contributed by atoms with Crippen LogP contribution in [0.15, 0.2) is 46.9 Å². The molecule has 0 aliphatic heterocycles. The largest absolute Gasteiger partial charge is 0.451 e. The van der Waals surface area contributed by atoms with E-state index in [2.05, 4.69) is 10.6 Å². The maximum Gasteiger partial charge on any atom is 0.287 e. The molecule has 0 bridgehead atoms. The summed E-state index contributed by atoms with van der Waals surface area (Å²) in [5.74, 6) is -0.873. The van der Waals surface area contributed by atoms with Gasteiger partial charge in [0, 0.05) is 15.4 Å². The first-order valence-electron chi connectivity index (χ1n) is 7.14. The van der Waals surface area contributed by atoms with E-state index in [-0.39, 0.29) is 12.3 Å². The number of anilines is 1. The number of amides is 2. The molecule has 8 heteroatoms. The zero-order valence-corrected chi connectivity index (χ0v) is 14.9. The highest BCUT2D eigenvalue weighted by Gasteiger charge is 2.14. The Kier molecular flexibility index (Phi) is 5.18.